The average Bonchev–Trinajstić information content (AvgIpc) is 2.31. The number of aryl methyl sites for hydroxylation is 2. The van der Waals surface area contributed by atoms with E-state index in [9.17, 15) is 9.59 Å². The Bertz CT molecular complexity index is 611. The molecule has 5 nitrogen and oxygen atoms in total. The molecule has 0 aliphatic heterocycles. The molecule has 0 radical (unpaired) electrons. The van der Waals surface area contributed by atoms with Gasteiger partial charge in [0.2, 0.25) is 0 Å². The molecule has 1 N–H and O–H groups in total. The second kappa shape index (κ2) is 7.51. The van der Waals surface area contributed by atoms with Gasteiger partial charge in [0.05, 0.1) is 5.56 Å². The third-order valence-corrected chi connectivity index (χ3v) is 3.56. The standard InChI is InChI=1S/C18H27ClN2O3/c1-11-8-12(2)20-15(19)14(11)16(23)24-9-13(22)21-18(6,7)10-17(3,4)5/h8H,9-10H2,1-7H3,(H,21,22). The molecule has 134 valence electrons. The Morgan fingerprint density at radius 1 is 1.21 bits per heavy atom. The molecule has 0 saturated heterocycles. The van der Waals surface area contributed by atoms with Gasteiger partial charge in [-0.05, 0) is 51.2 Å². The lowest BCUT2D eigenvalue weighted by Gasteiger charge is -2.33. The fraction of sp³-hybridized carbons (Fsp3) is 0.611. The van der Waals surface area contributed by atoms with Crippen LogP contribution in [-0.2, 0) is 9.53 Å². The molecule has 1 rings (SSSR count). The van der Waals surface area contributed by atoms with Crippen molar-refractivity contribution in [2.24, 2.45) is 5.41 Å². The number of rotatable bonds is 5. The summed E-state index contributed by atoms with van der Waals surface area (Å²) in [5, 5.41) is 2.98. The van der Waals surface area contributed by atoms with Crippen LogP contribution in [0.2, 0.25) is 5.15 Å². The fourth-order valence-corrected chi connectivity index (χ4v) is 3.38. The van der Waals surface area contributed by atoms with Crippen molar-refractivity contribution in [2.45, 2.75) is 60.4 Å². The van der Waals surface area contributed by atoms with E-state index in [1.54, 1.807) is 19.9 Å². The maximum absolute atomic E-state index is 12.2. The molecule has 1 heterocycles. The van der Waals surface area contributed by atoms with Crippen LogP contribution in [-0.4, -0.2) is 29.0 Å². The molecule has 0 aliphatic rings. The summed E-state index contributed by atoms with van der Waals surface area (Å²) in [4.78, 5) is 28.3. The number of aromatic nitrogens is 1. The number of nitrogens with zero attached hydrogens (tertiary/aromatic N) is 1. The first kappa shape index (κ1) is 20.4. The van der Waals surface area contributed by atoms with Crippen molar-refractivity contribution >= 4 is 23.5 Å². The van der Waals surface area contributed by atoms with Gasteiger partial charge in [-0.25, -0.2) is 9.78 Å². The Labute approximate surface area is 149 Å². The topological polar surface area (TPSA) is 68.3 Å². The summed E-state index contributed by atoms with van der Waals surface area (Å²) in [6.07, 6.45) is 0.798. The molecule has 0 atom stereocenters. The minimum atomic E-state index is -0.645. The highest BCUT2D eigenvalue weighted by molar-refractivity contribution is 6.32. The van der Waals surface area contributed by atoms with Crippen LogP contribution in [0.5, 0.6) is 0 Å². The van der Waals surface area contributed by atoms with Crippen molar-refractivity contribution < 1.29 is 14.3 Å². The summed E-state index contributed by atoms with van der Waals surface area (Å²) in [6, 6.07) is 1.75. The first-order valence-electron chi connectivity index (χ1n) is 7.93. The van der Waals surface area contributed by atoms with E-state index in [4.69, 9.17) is 16.3 Å². The van der Waals surface area contributed by atoms with Gasteiger partial charge in [0, 0.05) is 11.2 Å². The number of carbonyl (C=O) groups is 2. The van der Waals surface area contributed by atoms with Crippen LogP contribution in [0.25, 0.3) is 0 Å². The zero-order valence-electron chi connectivity index (χ0n) is 15.5. The Balaban J connectivity index is 2.67. The SMILES string of the molecule is Cc1cc(C)c(C(=O)OCC(=O)NC(C)(C)CC(C)(C)C)c(Cl)n1. The molecular weight excluding hydrogens is 328 g/mol. The Hall–Kier alpha value is -1.62. The van der Waals surface area contributed by atoms with Crippen molar-refractivity contribution in [2.75, 3.05) is 6.61 Å². The highest BCUT2D eigenvalue weighted by Gasteiger charge is 2.27. The summed E-state index contributed by atoms with van der Waals surface area (Å²) in [7, 11) is 0. The highest BCUT2D eigenvalue weighted by Crippen LogP contribution is 2.26. The van der Waals surface area contributed by atoms with Gasteiger partial charge in [0.1, 0.15) is 5.15 Å². The van der Waals surface area contributed by atoms with Gasteiger partial charge in [-0.15, -0.1) is 0 Å². The van der Waals surface area contributed by atoms with E-state index in [1.165, 1.54) is 0 Å². The zero-order valence-corrected chi connectivity index (χ0v) is 16.3. The maximum Gasteiger partial charge on any atom is 0.342 e. The van der Waals surface area contributed by atoms with E-state index in [2.05, 4.69) is 31.1 Å². The van der Waals surface area contributed by atoms with Gasteiger partial charge in [0.25, 0.3) is 5.91 Å². The van der Waals surface area contributed by atoms with Crippen LogP contribution in [0.4, 0.5) is 0 Å². The Morgan fingerprint density at radius 2 is 1.79 bits per heavy atom. The van der Waals surface area contributed by atoms with Crippen LogP contribution in [0.3, 0.4) is 0 Å². The second-order valence-corrected chi connectivity index (χ2v) is 8.35. The molecule has 1 amide bonds. The van der Waals surface area contributed by atoms with Gasteiger partial charge in [-0.2, -0.15) is 0 Å². The molecule has 0 unspecified atom stereocenters. The zero-order chi connectivity index (χ0) is 18.7. The van der Waals surface area contributed by atoms with Crippen molar-refractivity contribution in [3.8, 4) is 0 Å². The third kappa shape index (κ3) is 6.48. The van der Waals surface area contributed by atoms with Crippen molar-refractivity contribution in [3.05, 3.63) is 28.0 Å². The molecule has 1 aromatic heterocycles. The quantitative estimate of drug-likeness (QED) is 0.644. The van der Waals surface area contributed by atoms with E-state index < -0.39 is 5.97 Å². The number of esters is 1. The minimum absolute atomic E-state index is 0.0751. The highest BCUT2D eigenvalue weighted by atomic mass is 35.5. The molecule has 0 bridgehead atoms. The van der Waals surface area contributed by atoms with Crippen molar-refractivity contribution in [1.82, 2.24) is 10.3 Å². The number of carbonyl (C=O) groups excluding carboxylic acids is 2. The average molecular weight is 355 g/mol. The van der Waals surface area contributed by atoms with Gasteiger partial charge in [0.15, 0.2) is 6.61 Å². The number of amides is 1. The summed E-state index contributed by atoms with van der Waals surface area (Å²) < 4.78 is 5.09. The first-order chi connectivity index (χ1) is 10.8. The van der Waals surface area contributed by atoms with Gasteiger partial charge >= 0.3 is 5.97 Å². The smallest absolute Gasteiger partial charge is 0.342 e. The van der Waals surface area contributed by atoms with E-state index in [1.807, 2.05) is 13.8 Å². The lowest BCUT2D eigenvalue weighted by molar-refractivity contribution is -0.126. The molecule has 1 aromatic rings. The fourth-order valence-electron chi connectivity index (χ4n) is 3.02. The Morgan fingerprint density at radius 3 is 2.29 bits per heavy atom. The largest absolute Gasteiger partial charge is 0.452 e. The first-order valence-corrected chi connectivity index (χ1v) is 8.30. The summed E-state index contributed by atoms with van der Waals surface area (Å²) >= 11 is 6.01. The molecule has 6 heteroatoms. The van der Waals surface area contributed by atoms with Gasteiger partial charge < -0.3 is 10.1 Å². The predicted octanol–water partition coefficient (Wildman–Crippen LogP) is 3.84. The molecule has 0 fully saturated rings. The van der Waals surface area contributed by atoms with E-state index in [0.29, 0.717) is 5.56 Å². The van der Waals surface area contributed by atoms with Crippen LogP contribution in [0, 0.1) is 19.3 Å². The molecule has 0 aliphatic carbocycles. The van der Waals surface area contributed by atoms with E-state index in [0.717, 1.165) is 12.1 Å². The van der Waals surface area contributed by atoms with E-state index in [-0.39, 0.29) is 34.2 Å². The third-order valence-electron chi connectivity index (χ3n) is 3.29. The van der Waals surface area contributed by atoms with Crippen LogP contribution in [0.1, 0.15) is 62.7 Å². The molecule has 24 heavy (non-hydrogen) atoms. The lowest BCUT2D eigenvalue weighted by atomic mass is 9.82. The van der Waals surface area contributed by atoms with Crippen LogP contribution >= 0.6 is 11.6 Å². The van der Waals surface area contributed by atoms with Crippen LogP contribution in [0.15, 0.2) is 6.07 Å². The monoisotopic (exact) mass is 354 g/mol. The van der Waals surface area contributed by atoms with Gasteiger partial charge in [-0.1, -0.05) is 32.4 Å². The van der Waals surface area contributed by atoms with Crippen molar-refractivity contribution in [1.29, 1.82) is 0 Å². The summed E-state index contributed by atoms with van der Waals surface area (Å²) in [5.74, 6) is -0.986. The molecular formula is C18H27ClN2O3. The maximum atomic E-state index is 12.2. The summed E-state index contributed by atoms with van der Waals surface area (Å²) in [6.45, 7) is 13.4. The number of nitrogens with one attached hydrogen (secondary N) is 1. The van der Waals surface area contributed by atoms with Gasteiger partial charge in [-0.3, -0.25) is 4.79 Å². The molecule has 0 spiro atoms. The van der Waals surface area contributed by atoms with E-state index >= 15 is 0 Å². The number of ether oxygens (including phenoxy) is 1. The van der Waals surface area contributed by atoms with Crippen molar-refractivity contribution in [3.63, 3.8) is 0 Å². The second-order valence-electron chi connectivity index (χ2n) is 7.99. The summed E-state index contributed by atoms with van der Waals surface area (Å²) in [5.41, 5.74) is 1.28. The number of halogens is 1. The number of hydrogen-bond acceptors (Lipinski definition) is 4. The molecule has 0 saturated carbocycles. The number of pyridine rings is 1. The number of hydrogen-bond donors (Lipinski definition) is 1. The lowest BCUT2D eigenvalue weighted by Crippen LogP contribution is -2.47. The van der Waals surface area contributed by atoms with Crippen LogP contribution < -0.4 is 5.32 Å². The normalized spacial score (nSPS) is 12.0. The Kier molecular flexibility index (Phi) is 6.39. The minimum Gasteiger partial charge on any atom is -0.452 e. The predicted molar refractivity (Wildman–Crippen MR) is 95.3 cm³/mol. The molecule has 0 aromatic carbocycles.